The zero-order valence-electron chi connectivity index (χ0n) is 20.9. The van der Waals surface area contributed by atoms with E-state index in [1.54, 1.807) is 17.0 Å². The number of amides is 3. The highest BCUT2D eigenvalue weighted by molar-refractivity contribution is 8.00. The molecule has 4 heterocycles. The second-order valence-corrected chi connectivity index (χ2v) is 10.9. The van der Waals surface area contributed by atoms with Crippen LogP contribution in [-0.4, -0.2) is 77.5 Å². The van der Waals surface area contributed by atoms with E-state index in [1.807, 2.05) is 0 Å². The first kappa shape index (κ1) is 28.4. The van der Waals surface area contributed by atoms with Gasteiger partial charge >= 0.3 is 5.97 Å². The van der Waals surface area contributed by atoms with Crippen molar-refractivity contribution >= 4 is 63.8 Å². The van der Waals surface area contributed by atoms with E-state index in [-0.39, 0.29) is 34.5 Å². The van der Waals surface area contributed by atoms with E-state index in [0.717, 1.165) is 16.4 Å². The number of carboxylic acids is 2. The van der Waals surface area contributed by atoms with Gasteiger partial charge in [0.05, 0.1) is 17.2 Å². The van der Waals surface area contributed by atoms with Crippen molar-refractivity contribution in [1.82, 2.24) is 19.6 Å². The van der Waals surface area contributed by atoms with Crippen molar-refractivity contribution in [1.29, 1.82) is 0 Å². The van der Waals surface area contributed by atoms with E-state index in [4.69, 9.17) is 16.3 Å². The van der Waals surface area contributed by atoms with Gasteiger partial charge in [0.1, 0.15) is 11.4 Å². The average Bonchev–Trinajstić information content (AvgIpc) is 3.32. The fourth-order valence-electron chi connectivity index (χ4n) is 3.66. The monoisotopic (exact) mass is 590 g/mol. The average molecular weight is 591 g/mol. The molecule has 18 heteroatoms. The standard InChI is InChI=1S/C22H22N8O8S2/c1-22(2,20(36)37)38-27-11(15-26-21(24)40-28-15)16(32)25-12-17(33)30-13(19(34)35)10(8-39-18(12)30)7-29-5-3-9(4-6-29)14(23)31/h3-6,12,18H,7-8H2,1-2H3,(H6-,23,24,25,26,28,31,32,34,35,36,37)/t12?,18-/m1/s1. The maximum Gasteiger partial charge on any atom is 0.350 e. The Morgan fingerprint density at radius 3 is 2.55 bits per heavy atom. The number of primary amides is 1. The molecule has 0 aliphatic carbocycles. The van der Waals surface area contributed by atoms with E-state index < -0.39 is 52.4 Å². The summed E-state index contributed by atoms with van der Waals surface area (Å²) in [7, 11) is 0. The molecule has 0 spiro atoms. The van der Waals surface area contributed by atoms with Crippen molar-refractivity contribution in [3.63, 3.8) is 0 Å². The zero-order valence-corrected chi connectivity index (χ0v) is 22.5. The van der Waals surface area contributed by atoms with Gasteiger partial charge in [-0.25, -0.2) is 9.36 Å². The van der Waals surface area contributed by atoms with Crippen LogP contribution < -0.4 is 26.5 Å². The number of β-lactam (4-membered cyclic amide) rings is 1. The van der Waals surface area contributed by atoms with Crippen molar-refractivity contribution in [2.75, 3.05) is 11.5 Å². The number of nitrogens with zero attached hydrogens (tertiary/aromatic N) is 5. The Bertz CT molecular complexity index is 1470. The predicted molar refractivity (Wildman–Crippen MR) is 136 cm³/mol. The van der Waals surface area contributed by atoms with Gasteiger partial charge in [-0.3, -0.25) is 19.3 Å². The Labute approximate surface area is 233 Å². The molecule has 4 rings (SSSR count). The van der Waals surface area contributed by atoms with Crippen LogP contribution in [0, 0.1) is 0 Å². The summed E-state index contributed by atoms with van der Waals surface area (Å²) >= 11 is 1.97. The first-order valence-corrected chi connectivity index (χ1v) is 13.2. The molecule has 2 aromatic heterocycles. The smallest absolute Gasteiger partial charge is 0.350 e. The lowest BCUT2D eigenvalue weighted by atomic mass is 10.0. The molecule has 210 valence electrons. The van der Waals surface area contributed by atoms with Crippen molar-refractivity contribution in [3.05, 3.63) is 47.2 Å². The topological polar surface area (TPSA) is 247 Å². The molecular weight excluding hydrogens is 568 g/mol. The summed E-state index contributed by atoms with van der Waals surface area (Å²) < 4.78 is 5.51. The van der Waals surface area contributed by atoms with Gasteiger partial charge in [-0.05, 0) is 13.8 Å². The molecule has 40 heavy (non-hydrogen) atoms. The third kappa shape index (κ3) is 5.57. The van der Waals surface area contributed by atoms with Crippen molar-refractivity contribution in [2.45, 2.75) is 37.4 Å². The number of aliphatic carboxylic acids is 2. The molecule has 16 nitrogen and oxygen atoms in total. The van der Waals surface area contributed by atoms with Crippen LogP contribution in [0.4, 0.5) is 5.13 Å². The zero-order chi connectivity index (χ0) is 29.4. The predicted octanol–water partition coefficient (Wildman–Crippen LogP) is -2.81. The quantitative estimate of drug-likeness (QED) is 0.0948. The highest BCUT2D eigenvalue weighted by atomic mass is 32.2. The Morgan fingerprint density at radius 1 is 1.32 bits per heavy atom. The summed E-state index contributed by atoms with van der Waals surface area (Å²) in [6, 6.07) is 1.81. The van der Waals surface area contributed by atoms with E-state index in [9.17, 15) is 34.2 Å². The van der Waals surface area contributed by atoms with Gasteiger partial charge in [-0.15, -0.1) is 11.8 Å². The summed E-state index contributed by atoms with van der Waals surface area (Å²) in [6.07, 6.45) is 3.09. The number of rotatable bonds is 10. The molecule has 2 aliphatic heterocycles. The van der Waals surface area contributed by atoms with Crippen molar-refractivity contribution < 1.29 is 43.6 Å². The van der Waals surface area contributed by atoms with Crippen LogP contribution in [0.3, 0.4) is 0 Å². The van der Waals surface area contributed by atoms with E-state index in [2.05, 4.69) is 19.8 Å². The lowest BCUT2D eigenvalue weighted by Crippen LogP contribution is -2.71. The maximum atomic E-state index is 13.1. The Hall–Kier alpha value is -4.58. The largest absolute Gasteiger partial charge is 0.543 e. The van der Waals surface area contributed by atoms with E-state index in [0.29, 0.717) is 5.57 Å². The number of nitrogens with one attached hydrogen (secondary N) is 1. The molecule has 2 aliphatic rings. The van der Waals surface area contributed by atoms with E-state index in [1.165, 1.54) is 37.7 Å². The van der Waals surface area contributed by atoms with Crippen LogP contribution in [0.15, 0.2) is 41.0 Å². The van der Waals surface area contributed by atoms with Gasteiger partial charge < -0.3 is 36.6 Å². The first-order chi connectivity index (χ1) is 18.8. The van der Waals surface area contributed by atoms with Crippen LogP contribution in [0.1, 0.15) is 30.0 Å². The number of fused-ring (bicyclic) bond motifs is 1. The molecule has 0 saturated carbocycles. The number of carbonyl (C=O) groups excluding carboxylic acids is 4. The Balaban J connectivity index is 1.54. The molecule has 1 saturated heterocycles. The third-order valence-electron chi connectivity index (χ3n) is 5.83. The lowest BCUT2D eigenvalue weighted by Gasteiger charge is -2.50. The maximum absolute atomic E-state index is 13.1. The molecule has 0 aromatic carbocycles. The minimum Gasteiger partial charge on any atom is -0.543 e. The minimum absolute atomic E-state index is 0.000120. The number of anilines is 1. The highest BCUT2D eigenvalue weighted by Crippen LogP contribution is 2.40. The summed E-state index contributed by atoms with van der Waals surface area (Å²) in [4.78, 5) is 70.8. The number of aromatic nitrogens is 3. The second kappa shape index (κ2) is 10.9. The van der Waals surface area contributed by atoms with Gasteiger partial charge in [0.15, 0.2) is 24.1 Å². The summed E-state index contributed by atoms with van der Waals surface area (Å²) in [5.74, 6) is -5.28. The molecule has 1 fully saturated rings. The molecule has 0 bridgehead atoms. The Kier molecular flexibility index (Phi) is 7.74. The molecule has 2 aromatic rings. The third-order valence-corrected chi connectivity index (χ3v) is 7.71. The summed E-state index contributed by atoms with van der Waals surface area (Å²) in [6.45, 7) is 2.51. The molecule has 3 amide bonds. The number of carboxylic acid groups (broad SMARTS) is 2. The van der Waals surface area contributed by atoms with Crippen LogP contribution in [0.5, 0.6) is 0 Å². The normalized spacial score (nSPS) is 19.0. The fourth-order valence-corrected chi connectivity index (χ4v) is 5.43. The highest BCUT2D eigenvalue weighted by Gasteiger charge is 2.53. The van der Waals surface area contributed by atoms with Gasteiger partial charge in [0, 0.05) is 35.0 Å². The van der Waals surface area contributed by atoms with Gasteiger partial charge in [0.2, 0.25) is 23.0 Å². The van der Waals surface area contributed by atoms with Crippen LogP contribution >= 0.6 is 23.3 Å². The summed E-state index contributed by atoms with van der Waals surface area (Å²) in [5, 5.41) is 26.6. The number of nitrogens with two attached hydrogens (primary N) is 2. The number of carbonyl (C=O) groups is 5. The minimum atomic E-state index is -1.81. The Morgan fingerprint density at radius 2 is 2.00 bits per heavy atom. The first-order valence-electron chi connectivity index (χ1n) is 11.4. The van der Waals surface area contributed by atoms with Gasteiger partial charge in [-0.2, -0.15) is 9.36 Å². The van der Waals surface area contributed by atoms with Gasteiger partial charge in [0.25, 0.3) is 11.8 Å². The van der Waals surface area contributed by atoms with Gasteiger partial charge in [-0.1, -0.05) is 5.16 Å². The number of thioether (sulfide) groups is 1. The number of hydrogen-bond acceptors (Lipinski definition) is 13. The molecular formula is C22H22N8O8S2. The molecule has 2 atom stereocenters. The molecule has 1 unspecified atom stereocenters. The number of pyridine rings is 1. The molecule has 0 radical (unpaired) electrons. The van der Waals surface area contributed by atoms with Crippen LogP contribution in [0.2, 0.25) is 0 Å². The molecule has 6 N–H and O–H groups in total. The number of nitrogen functional groups attached to an aromatic ring is 1. The lowest BCUT2D eigenvalue weighted by molar-refractivity contribution is -0.689. The van der Waals surface area contributed by atoms with Crippen LogP contribution in [-0.2, 0) is 30.6 Å². The fraction of sp³-hybridized carbons (Fsp3) is 0.318. The van der Waals surface area contributed by atoms with E-state index >= 15 is 0 Å². The summed E-state index contributed by atoms with van der Waals surface area (Å²) in [5.41, 5.74) is 8.84. The number of hydrogen-bond donors (Lipinski definition) is 4. The van der Waals surface area contributed by atoms with Crippen LogP contribution in [0.25, 0.3) is 0 Å². The van der Waals surface area contributed by atoms with Crippen molar-refractivity contribution in [2.24, 2.45) is 10.9 Å². The second-order valence-electron chi connectivity index (χ2n) is 9.03. The van der Waals surface area contributed by atoms with Crippen molar-refractivity contribution in [3.8, 4) is 0 Å². The number of oxime groups is 1. The SMILES string of the molecule is CC(C)(ON=C(C(=O)NC1C(=O)N2C(C(=O)[O-])=C(C[n+]3ccc(C(N)=O)cc3)CS[C@H]12)c1nsc(N)n1)C(=O)O.